The standard InChI is InChI=1S/C14H22ClNO/c1-3-5-13(16)14(17)8-10(2)11-6-4-7-12(15)9-11/h4,6-7,9-10,13-14,17H,3,5,8,16H2,1-2H3. The second-order valence-electron chi connectivity index (χ2n) is 4.71. The molecule has 1 aromatic rings. The van der Waals surface area contributed by atoms with Gasteiger partial charge in [-0.05, 0) is 36.5 Å². The lowest BCUT2D eigenvalue weighted by Gasteiger charge is -2.22. The summed E-state index contributed by atoms with van der Waals surface area (Å²) in [5, 5.41) is 10.7. The van der Waals surface area contributed by atoms with Crippen LogP contribution in [0.2, 0.25) is 5.02 Å². The summed E-state index contributed by atoms with van der Waals surface area (Å²) in [4.78, 5) is 0. The summed E-state index contributed by atoms with van der Waals surface area (Å²) in [6.45, 7) is 4.17. The van der Waals surface area contributed by atoms with Gasteiger partial charge in [0.25, 0.3) is 0 Å². The second-order valence-corrected chi connectivity index (χ2v) is 5.15. The molecule has 0 radical (unpaired) electrons. The fraction of sp³-hybridized carbons (Fsp3) is 0.571. The van der Waals surface area contributed by atoms with Crippen LogP contribution in [0.5, 0.6) is 0 Å². The Bertz CT molecular complexity index is 343. The van der Waals surface area contributed by atoms with Gasteiger partial charge in [-0.3, -0.25) is 0 Å². The zero-order valence-corrected chi connectivity index (χ0v) is 11.3. The van der Waals surface area contributed by atoms with E-state index in [0.29, 0.717) is 6.42 Å². The van der Waals surface area contributed by atoms with Crippen molar-refractivity contribution in [2.75, 3.05) is 0 Å². The molecule has 0 fully saturated rings. The van der Waals surface area contributed by atoms with Crippen LogP contribution in [0, 0.1) is 0 Å². The lowest BCUT2D eigenvalue weighted by atomic mass is 9.91. The summed E-state index contributed by atoms with van der Waals surface area (Å²) in [6, 6.07) is 7.66. The molecule has 0 aliphatic carbocycles. The van der Waals surface area contributed by atoms with Gasteiger partial charge in [-0.1, -0.05) is 44.0 Å². The van der Waals surface area contributed by atoms with Gasteiger partial charge in [0.1, 0.15) is 0 Å². The van der Waals surface area contributed by atoms with Crippen molar-refractivity contribution in [2.45, 2.75) is 51.2 Å². The van der Waals surface area contributed by atoms with Crippen LogP contribution in [0.1, 0.15) is 44.6 Å². The first kappa shape index (κ1) is 14.5. The third kappa shape index (κ3) is 4.66. The van der Waals surface area contributed by atoms with Crippen LogP contribution in [-0.2, 0) is 0 Å². The van der Waals surface area contributed by atoms with E-state index < -0.39 is 6.10 Å². The van der Waals surface area contributed by atoms with E-state index in [9.17, 15) is 5.11 Å². The summed E-state index contributed by atoms with van der Waals surface area (Å²) in [7, 11) is 0. The highest BCUT2D eigenvalue weighted by Gasteiger charge is 2.18. The summed E-state index contributed by atoms with van der Waals surface area (Å²) in [5.74, 6) is 0.270. The van der Waals surface area contributed by atoms with Crippen LogP contribution in [0.4, 0.5) is 0 Å². The zero-order chi connectivity index (χ0) is 12.8. The molecule has 3 N–H and O–H groups in total. The van der Waals surface area contributed by atoms with E-state index in [4.69, 9.17) is 17.3 Å². The van der Waals surface area contributed by atoms with Gasteiger partial charge in [0.15, 0.2) is 0 Å². The van der Waals surface area contributed by atoms with Crippen LogP contribution in [0.3, 0.4) is 0 Å². The normalized spacial score (nSPS) is 16.5. The molecule has 0 aromatic heterocycles. The van der Waals surface area contributed by atoms with Gasteiger partial charge in [-0.15, -0.1) is 0 Å². The molecule has 0 saturated heterocycles. The highest BCUT2D eigenvalue weighted by atomic mass is 35.5. The Kier molecular flexibility index (Phi) is 5.96. The second kappa shape index (κ2) is 7.00. The van der Waals surface area contributed by atoms with Crippen molar-refractivity contribution in [3.8, 4) is 0 Å². The topological polar surface area (TPSA) is 46.2 Å². The Morgan fingerprint density at radius 2 is 2.12 bits per heavy atom. The number of aliphatic hydroxyl groups is 1. The molecule has 3 unspecified atom stereocenters. The Hall–Kier alpha value is -0.570. The summed E-state index contributed by atoms with van der Waals surface area (Å²) in [6.07, 6.45) is 2.11. The van der Waals surface area contributed by atoms with E-state index in [1.54, 1.807) is 0 Å². The van der Waals surface area contributed by atoms with E-state index in [2.05, 4.69) is 13.8 Å². The first-order valence-corrected chi connectivity index (χ1v) is 6.61. The number of hydrogen-bond donors (Lipinski definition) is 2. The molecule has 0 amide bonds. The van der Waals surface area contributed by atoms with Gasteiger partial charge < -0.3 is 10.8 Å². The molecule has 1 rings (SSSR count). The molecule has 0 bridgehead atoms. The van der Waals surface area contributed by atoms with Gasteiger partial charge >= 0.3 is 0 Å². The maximum absolute atomic E-state index is 9.99. The monoisotopic (exact) mass is 255 g/mol. The van der Waals surface area contributed by atoms with Gasteiger partial charge in [0.05, 0.1) is 6.10 Å². The predicted molar refractivity (Wildman–Crippen MR) is 73.4 cm³/mol. The van der Waals surface area contributed by atoms with Crippen LogP contribution >= 0.6 is 11.6 Å². The number of aliphatic hydroxyl groups excluding tert-OH is 1. The average molecular weight is 256 g/mol. The molecule has 1 aromatic carbocycles. The van der Waals surface area contributed by atoms with E-state index in [1.807, 2.05) is 24.3 Å². The molecule has 0 saturated carbocycles. The lowest BCUT2D eigenvalue weighted by Crippen LogP contribution is -2.35. The molecule has 0 aliphatic rings. The van der Waals surface area contributed by atoms with Crippen LogP contribution in [-0.4, -0.2) is 17.3 Å². The molecule has 0 spiro atoms. The number of rotatable bonds is 6. The fourth-order valence-corrected chi connectivity index (χ4v) is 2.21. The maximum Gasteiger partial charge on any atom is 0.0696 e. The molecular weight excluding hydrogens is 234 g/mol. The average Bonchev–Trinajstić information content (AvgIpc) is 2.29. The van der Waals surface area contributed by atoms with Crippen molar-refractivity contribution < 1.29 is 5.11 Å². The summed E-state index contributed by atoms with van der Waals surface area (Å²) in [5.41, 5.74) is 7.06. The highest BCUT2D eigenvalue weighted by molar-refractivity contribution is 6.30. The highest BCUT2D eigenvalue weighted by Crippen LogP contribution is 2.24. The molecule has 0 aliphatic heterocycles. The molecular formula is C14H22ClNO. The van der Waals surface area contributed by atoms with Crippen molar-refractivity contribution in [1.29, 1.82) is 0 Å². The van der Waals surface area contributed by atoms with Crippen molar-refractivity contribution in [3.63, 3.8) is 0 Å². The Labute approximate surface area is 109 Å². The number of nitrogens with two attached hydrogens (primary N) is 1. The molecule has 3 atom stereocenters. The van der Waals surface area contributed by atoms with E-state index in [-0.39, 0.29) is 12.0 Å². The largest absolute Gasteiger partial charge is 0.391 e. The van der Waals surface area contributed by atoms with Crippen molar-refractivity contribution in [2.24, 2.45) is 5.73 Å². The maximum atomic E-state index is 9.99. The minimum atomic E-state index is -0.441. The minimum absolute atomic E-state index is 0.123. The molecule has 3 heteroatoms. The van der Waals surface area contributed by atoms with E-state index in [0.717, 1.165) is 23.4 Å². The number of hydrogen-bond acceptors (Lipinski definition) is 2. The molecule has 96 valence electrons. The lowest BCUT2D eigenvalue weighted by molar-refractivity contribution is 0.124. The van der Waals surface area contributed by atoms with Crippen molar-refractivity contribution >= 4 is 11.6 Å². The number of halogens is 1. The van der Waals surface area contributed by atoms with E-state index in [1.165, 1.54) is 0 Å². The third-order valence-electron chi connectivity index (χ3n) is 3.13. The van der Waals surface area contributed by atoms with Gasteiger partial charge in [0.2, 0.25) is 0 Å². The van der Waals surface area contributed by atoms with Gasteiger partial charge in [-0.2, -0.15) is 0 Å². The fourth-order valence-electron chi connectivity index (χ4n) is 2.01. The zero-order valence-electron chi connectivity index (χ0n) is 10.6. The Morgan fingerprint density at radius 1 is 1.41 bits per heavy atom. The van der Waals surface area contributed by atoms with Crippen LogP contribution in [0.15, 0.2) is 24.3 Å². The van der Waals surface area contributed by atoms with Crippen molar-refractivity contribution in [1.82, 2.24) is 0 Å². The Morgan fingerprint density at radius 3 is 2.71 bits per heavy atom. The van der Waals surface area contributed by atoms with Crippen molar-refractivity contribution in [3.05, 3.63) is 34.9 Å². The van der Waals surface area contributed by atoms with Crippen LogP contribution < -0.4 is 5.73 Å². The number of benzene rings is 1. The minimum Gasteiger partial charge on any atom is -0.391 e. The summed E-state index contributed by atoms with van der Waals surface area (Å²) < 4.78 is 0. The predicted octanol–water partition coefficient (Wildman–Crippen LogP) is 3.32. The van der Waals surface area contributed by atoms with E-state index >= 15 is 0 Å². The summed E-state index contributed by atoms with van der Waals surface area (Å²) >= 11 is 5.95. The molecule has 17 heavy (non-hydrogen) atoms. The first-order valence-electron chi connectivity index (χ1n) is 6.23. The first-order chi connectivity index (χ1) is 8.04. The van der Waals surface area contributed by atoms with Gasteiger partial charge in [0, 0.05) is 11.1 Å². The van der Waals surface area contributed by atoms with Gasteiger partial charge in [-0.25, -0.2) is 0 Å². The SMILES string of the molecule is CCCC(N)C(O)CC(C)c1cccc(Cl)c1. The third-order valence-corrected chi connectivity index (χ3v) is 3.36. The Balaban J connectivity index is 2.56. The quantitative estimate of drug-likeness (QED) is 0.819. The van der Waals surface area contributed by atoms with Crippen LogP contribution in [0.25, 0.3) is 0 Å². The smallest absolute Gasteiger partial charge is 0.0696 e. The molecule has 2 nitrogen and oxygen atoms in total. The molecule has 0 heterocycles.